The maximum atomic E-state index is 12.9. The van der Waals surface area contributed by atoms with Crippen LogP contribution in [0.15, 0.2) is 44.8 Å². The van der Waals surface area contributed by atoms with Gasteiger partial charge in [-0.1, -0.05) is 47.1 Å². The monoisotopic (exact) mass is 540 g/mol. The Morgan fingerprint density at radius 2 is 1.61 bits per heavy atom. The number of unbranched alkanes of at least 4 members (excludes halogenated alkanes) is 1. The Hall–Kier alpha value is -2.63. The SMILES string of the molecule is CC(C)CC(C)(C(=O)OCCCCc1cc(=O)n(-c2ccc(S(F)(F)(F)(F)F)cc2)c(=O)[nH]1)C(C)C. The lowest BCUT2D eigenvalue weighted by molar-refractivity contribution is -0.159. The lowest BCUT2D eigenvalue weighted by atomic mass is 9.73. The Morgan fingerprint density at radius 3 is 2.08 bits per heavy atom. The third-order valence-corrected chi connectivity index (χ3v) is 7.34. The van der Waals surface area contributed by atoms with Crippen LogP contribution in [0.2, 0.25) is 0 Å². The van der Waals surface area contributed by atoms with Crippen molar-refractivity contribution in [3.05, 3.63) is 56.9 Å². The van der Waals surface area contributed by atoms with E-state index in [1.807, 2.05) is 34.6 Å². The molecule has 0 saturated carbocycles. The number of rotatable bonds is 11. The number of nitrogens with one attached hydrogen (secondary N) is 1. The number of hydrogen-bond acceptors (Lipinski definition) is 4. The molecule has 1 unspecified atom stereocenters. The maximum Gasteiger partial charge on any atom is 0.333 e. The van der Waals surface area contributed by atoms with Crippen LogP contribution in [-0.4, -0.2) is 22.1 Å². The molecule has 0 saturated heterocycles. The second-order valence-electron chi connectivity index (χ2n) is 10.00. The minimum absolute atomic E-state index is 0.103. The van der Waals surface area contributed by atoms with Crippen molar-refractivity contribution >= 4 is 16.2 Å². The zero-order valence-electron chi connectivity index (χ0n) is 21.0. The third-order valence-electron chi connectivity index (χ3n) is 6.18. The summed E-state index contributed by atoms with van der Waals surface area (Å²) in [6, 6.07) is 2.68. The number of aryl methyl sites for hydroxylation is 1. The van der Waals surface area contributed by atoms with Gasteiger partial charge in [-0.05, 0) is 68.7 Å². The van der Waals surface area contributed by atoms with Gasteiger partial charge in [0.05, 0.1) is 17.7 Å². The predicted molar refractivity (Wildman–Crippen MR) is 130 cm³/mol. The van der Waals surface area contributed by atoms with Crippen LogP contribution in [-0.2, 0) is 16.0 Å². The van der Waals surface area contributed by atoms with Gasteiger partial charge in [0.15, 0.2) is 0 Å². The quantitative estimate of drug-likeness (QED) is 0.194. The highest BCUT2D eigenvalue weighted by Gasteiger charge is 2.65. The Balaban J connectivity index is 2.02. The summed E-state index contributed by atoms with van der Waals surface area (Å²) in [7, 11) is -9.86. The zero-order chi connectivity index (χ0) is 27.6. The minimum Gasteiger partial charge on any atom is -0.465 e. The summed E-state index contributed by atoms with van der Waals surface area (Å²) in [6.07, 6.45) is 1.97. The van der Waals surface area contributed by atoms with E-state index in [0.717, 1.165) is 6.07 Å². The van der Waals surface area contributed by atoms with Crippen molar-refractivity contribution in [2.75, 3.05) is 6.61 Å². The summed E-state index contributed by atoms with van der Waals surface area (Å²) in [5, 5.41) is 0. The van der Waals surface area contributed by atoms with Crippen molar-refractivity contribution in [3.63, 3.8) is 0 Å². The van der Waals surface area contributed by atoms with Gasteiger partial charge in [0, 0.05) is 11.8 Å². The summed E-state index contributed by atoms with van der Waals surface area (Å²) in [4.78, 5) is 37.8. The summed E-state index contributed by atoms with van der Waals surface area (Å²) >= 11 is 0. The molecular formula is C24H33F5N2O4S. The molecule has 0 spiro atoms. The lowest BCUT2D eigenvalue weighted by Crippen LogP contribution is -2.36. The smallest absolute Gasteiger partial charge is 0.333 e. The number of esters is 1. The highest BCUT2D eigenvalue weighted by Crippen LogP contribution is 3.02. The number of carbonyl (C=O) groups excluding carboxylic acids is 1. The summed E-state index contributed by atoms with van der Waals surface area (Å²) in [5.41, 5.74) is -2.31. The van der Waals surface area contributed by atoms with Crippen LogP contribution in [0.1, 0.15) is 59.6 Å². The number of nitrogens with zero attached hydrogens (tertiary/aromatic N) is 1. The molecule has 1 N–H and O–H groups in total. The number of halogens is 5. The Morgan fingerprint density at radius 1 is 1.03 bits per heavy atom. The first-order valence-electron chi connectivity index (χ1n) is 11.6. The van der Waals surface area contributed by atoms with E-state index in [2.05, 4.69) is 4.98 Å². The third kappa shape index (κ3) is 7.44. The van der Waals surface area contributed by atoms with Crippen molar-refractivity contribution in [1.82, 2.24) is 9.55 Å². The van der Waals surface area contributed by atoms with E-state index in [0.29, 0.717) is 54.0 Å². The number of hydrogen-bond donors (Lipinski definition) is 1. The molecule has 204 valence electrons. The number of carbonyl (C=O) groups is 1. The molecular weight excluding hydrogens is 507 g/mol. The van der Waals surface area contributed by atoms with Gasteiger partial charge in [-0.25, -0.2) is 9.36 Å². The number of ether oxygens (including phenoxy) is 1. The molecule has 0 amide bonds. The van der Waals surface area contributed by atoms with Gasteiger partial charge >= 0.3 is 21.9 Å². The van der Waals surface area contributed by atoms with Gasteiger partial charge in [0.25, 0.3) is 5.56 Å². The lowest BCUT2D eigenvalue weighted by Gasteiger charge is -2.40. The standard InChI is InChI=1S/C24H33F5N2O4S/c1-16(2)15-24(5,17(3)4)22(33)35-13-7-6-8-18-14-21(32)31(23(34)30-18)19-9-11-20(12-10-19)36(25,26,27,28)29/h9-12,14,16-17H,6-8,13,15H2,1-5H3,(H,30,34). The van der Waals surface area contributed by atoms with E-state index in [4.69, 9.17) is 4.74 Å². The van der Waals surface area contributed by atoms with Crippen molar-refractivity contribution in [2.45, 2.75) is 65.2 Å². The highest BCUT2D eigenvalue weighted by molar-refractivity contribution is 8.45. The molecule has 1 aromatic carbocycles. The fourth-order valence-corrected chi connectivity index (χ4v) is 4.58. The van der Waals surface area contributed by atoms with E-state index in [-0.39, 0.29) is 36.3 Å². The largest absolute Gasteiger partial charge is 0.465 e. The van der Waals surface area contributed by atoms with Crippen LogP contribution in [0.4, 0.5) is 19.4 Å². The molecule has 12 heteroatoms. The molecule has 0 aliphatic heterocycles. The fourth-order valence-electron chi connectivity index (χ4n) is 3.92. The molecule has 0 aliphatic carbocycles. The molecule has 6 nitrogen and oxygen atoms in total. The molecule has 0 fully saturated rings. The molecule has 0 aliphatic rings. The van der Waals surface area contributed by atoms with Gasteiger partial charge in [-0.15, -0.1) is 0 Å². The molecule has 36 heavy (non-hydrogen) atoms. The van der Waals surface area contributed by atoms with Crippen LogP contribution in [0.3, 0.4) is 0 Å². The van der Waals surface area contributed by atoms with Crippen LogP contribution in [0, 0.1) is 17.3 Å². The highest BCUT2D eigenvalue weighted by atomic mass is 32.5. The van der Waals surface area contributed by atoms with Crippen molar-refractivity contribution < 1.29 is 29.0 Å². The molecule has 1 atom stereocenters. The van der Waals surface area contributed by atoms with E-state index in [1.54, 1.807) is 0 Å². The maximum absolute atomic E-state index is 12.9. The fraction of sp³-hybridized carbons (Fsp3) is 0.542. The first-order chi connectivity index (χ1) is 16.2. The molecule has 0 bridgehead atoms. The Bertz CT molecular complexity index is 1170. The van der Waals surface area contributed by atoms with Crippen LogP contribution < -0.4 is 11.2 Å². The number of aromatic nitrogens is 2. The second kappa shape index (κ2) is 9.68. The molecule has 2 rings (SSSR count). The van der Waals surface area contributed by atoms with Gasteiger partial charge in [0.1, 0.15) is 4.90 Å². The van der Waals surface area contributed by atoms with E-state index >= 15 is 0 Å². The second-order valence-corrected chi connectivity index (χ2v) is 12.4. The normalized spacial score (nSPS) is 15.9. The number of benzene rings is 1. The number of H-pyrrole nitrogens is 1. The molecule has 0 radical (unpaired) electrons. The Kier molecular flexibility index (Phi) is 7.96. The molecule has 1 aromatic heterocycles. The van der Waals surface area contributed by atoms with Crippen molar-refractivity contribution in [2.24, 2.45) is 17.3 Å². The summed E-state index contributed by atoms with van der Waals surface area (Å²) in [6.45, 7) is 10.1. The van der Waals surface area contributed by atoms with Crippen molar-refractivity contribution in [1.29, 1.82) is 0 Å². The number of aromatic amines is 1. The van der Waals surface area contributed by atoms with E-state index < -0.39 is 31.8 Å². The van der Waals surface area contributed by atoms with Crippen LogP contribution in [0.25, 0.3) is 5.69 Å². The van der Waals surface area contributed by atoms with Gasteiger partial charge < -0.3 is 9.72 Å². The molecule has 1 heterocycles. The van der Waals surface area contributed by atoms with E-state index in [9.17, 15) is 33.8 Å². The molecule has 2 aromatic rings. The summed E-state index contributed by atoms with van der Waals surface area (Å²) in [5.74, 6) is 0.165. The first kappa shape index (κ1) is 29.6. The van der Waals surface area contributed by atoms with Gasteiger partial charge in [-0.3, -0.25) is 9.59 Å². The predicted octanol–water partition coefficient (Wildman–Crippen LogP) is 6.76. The van der Waals surface area contributed by atoms with Crippen LogP contribution >= 0.6 is 10.2 Å². The Labute approximate surface area is 206 Å². The van der Waals surface area contributed by atoms with E-state index in [1.165, 1.54) is 0 Å². The van der Waals surface area contributed by atoms with Gasteiger partial charge in [0.2, 0.25) is 0 Å². The van der Waals surface area contributed by atoms with Crippen LogP contribution in [0.5, 0.6) is 0 Å². The topological polar surface area (TPSA) is 81.2 Å². The first-order valence-corrected chi connectivity index (χ1v) is 13.6. The van der Waals surface area contributed by atoms with Crippen molar-refractivity contribution in [3.8, 4) is 5.69 Å². The summed E-state index contributed by atoms with van der Waals surface area (Å²) < 4.78 is 70.5. The van der Waals surface area contributed by atoms with Gasteiger partial charge in [-0.2, -0.15) is 0 Å². The minimum atomic E-state index is -9.86. The average Bonchev–Trinajstić information content (AvgIpc) is 2.71. The average molecular weight is 541 g/mol. The zero-order valence-corrected chi connectivity index (χ0v) is 21.8.